The Balaban J connectivity index is 1.99. The number of rotatable bonds is 4. The molecule has 0 aromatic carbocycles. The highest BCUT2D eigenvalue weighted by atomic mass is 32.1. The first-order valence-corrected chi connectivity index (χ1v) is 6.62. The number of thiazole rings is 1. The van der Waals surface area contributed by atoms with Gasteiger partial charge in [-0.2, -0.15) is 0 Å². The van der Waals surface area contributed by atoms with Gasteiger partial charge in [0.2, 0.25) is 0 Å². The molecular weight excluding hydrogens is 224 g/mol. The molecule has 2 aromatic heterocycles. The summed E-state index contributed by atoms with van der Waals surface area (Å²) in [6.45, 7) is 5.24. The first-order valence-electron chi connectivity index (χ1n) is 4.86. The Kier molecular flexibility index (Phi) is 3.19. The molecule has 0 amide bonds. The Labute approximate surface area is 98.0 Å². The van der Waals surface area contributed by atoms with E-state index in [1.807, 2.05) is 11.6 Å². The van der Waals surface area contributed by atoms with Crippen LogP contribution in [0.25, 0.3) is 0 Å². The fraction of sp³-hybridized carbons (Fsp3) is 0.364. The molecule has 2 aromatic rings. The Bertz CT molecular complexity index is 390. The minimum atomic E-state index is -0.0435. The minimum absolute atomic E-state index is 0.0435. The van der Waals surface area contributed by atoms with Gasteiger partial charge in [-0.05, 0) is 25.3 Å². The zero-order valence-corrected chi connectivity index (χ0v) is 10.5. The summed E-state index contributed by atoms with van der Waals surface area (Å²) >= 11 is 3.48. The summed E-state index contributed by atoms with van der Waals surface area (Å²) in [5.41, 5.74) is -0.0435. The number of nitrogens with one attached hydrogen (secondary N) is 1. The predicted molar refractivity (Wildman–Crippen MR) is 66.3 cm³/mol. The van der Waals surface area contributed by atoms with Gasteiger partial charge in [0.15, 0.2) is 0 Å². The quantitative estimate of drug-likeness (QED) is 0.884. The average molecular weight is 238 g/mol. The number of hydrogen-bond donors (Lipinski definition) is 1. The molecular formula is C11H14N2S2. The van der Waals surface area contributed by atoms with Crippen molar-refractivity contribution in [3.8, 4) is 0 Å². The number of nitrogens with zero attached hydrogens (tertiary/aromatic N) is 1. The molecule has 0 radical (unpaired) electrons. The van der Waals surface area contributed by atoms with E-state index in [0.717, 1.165) is 11.6 Å². The molecule has 0 fully saturated rings. The van der Waals surface area contributed by atoms with Gasteiger partial charge in [0, 0.05) is 23.0 Å². The molecule has 0 saturated carbocycles. The molecule has 0 atom stereocenters. The van der Waals surface area contributed by atoms with Crippen LogP contribution in [0.15, 0.2) is 29.1 Å². The minimum Gasteiger partial charge on any atom is -0.301 e. The summed E-state index contributed by atoms with van der Waals surface area (Å²) < 4.78 is 0. The lowest BCUT2D eigenvalue weighted by atomic mass is 10.1. The zero-order chi connectivity index (χ0) is 10.7. The molecule has 0 spiro atoms. The van der Waals surface area contributed by atoms with Crippen LogP contribution in [0.2, 0.25) is 0 Å². The van der Waals surface area contributed by atoms with Crippen LogP contribution in [0.3, 0.4) is 0 Å². The molecule has 15 heavy (non-hydrogen) atoms. The van der Waals surface area contributed by atoms with Crippen molar-refractivity contribution < 1.29 is 0 Å². The average Bonchev–Trinajstić information content (AvgIpc) is 2.88. The van der Waals surface area contributed by atoms with Crippen LogP contribution in [-0.4, -0.2) is 4.98 Å². The highest BCUT2D eigenvalue weighted by molar-refractivity contribution is 7.10. The molecule has 0 aliphatic heterocycles. The second kappa shape index (κ2) is 4.43. The van der Waals surface area contributed by atoms with Gasteiger partial charge in [-0.3, -0.25) is 0 Å². The van der Waals surface area contributed by atoms with E-state index in [-0.39, 0.29) is 5.54 Å². The van der Waals surface area contributed by atoms with Gasteiger partial charge in [-0.25, -0.2) is 4.98 Å². The van der Waals surface area contributed by atoms with Crippen molar-refractivity contribution >= 4 is 22.7 Å². The van der Waals surface area contributed by atoms with Crippen molar-refractivity contribution in [2.24, 2.45) is 0 Å². The lowest BCUT2D eigenvalue weighted by Gasteiger charge is -2.23. The van der Waals surface area contributed by atoms with E-state index in [2.05, 4.69) is 41.7 Å². The lowest BCUT2D eigenvalue weighted by molar-refractivity contribution is 0.401. The molecule has 2 rings (SSSR count). The second-order valence-electron chi connectivity index (χ2n) is 3.90. The first-order chi connectivity index (χ1) is 7.18. The summed E-state index contributed by atoms with van der Waals surface area (Å²) in [6, 6.07) is 4.23. The van der Waals surface area contributed by atoms with E-state index < -0.39 is 0 Å². The predicted octanol–water partition coefficient (Wildman–Crippen LogP) is 3.23. The lowest BCUT2D eigenvalue weighted by Crippen LogP contribution is -2.35. The van der Waals surface area contributed by atoms with E-state index in [9.17, 15) is 0 Å². The van der Waals surface area contributed by atoms with Gasteiger partial charge in [0.25, 0.3) is 0 Å². The molecule has 0 aliphatic rings. The molecule has 2 nitrogen and oxygen atoms in total. The Morgan fingerprint density at radius 3 is 2.80 bits per heavy atom. The Morgan fingerprint density at radius 2 is 2.20 bits per heavy atom. The molecule has 80 valence electrons. The van der Waals surface area contributed by atoms with E-state index in [1.54, 1.807) is 22.7 Å². The first kappa shape index (κ1) is 10.8. The largest absolute Gasteiger partial charge is 0.301 e. The maximum Gasteiger partial charge on any atom is 0.112 e. The van der Waals surface area contributed by atoms with Gasteiger partial charge in [0.05, 0.1) is 5.54 Å². The maximum absolute atomic E-state index is 4.35. The van der Waals surface area contributed by atoms with Crippen LogP contribution in [0, 0.1) is 0 Å². The highest BCUT2D eigenvalue weighted by Crippen LogP contribution is 2.22. The fourth-order valence-corrected chi connectivity index (χ4v) is 2.71. The molecule has 4 heteroatoms. The maximum atomic E-state index is 4.35. The SMILES string of the molecule is CC(C)(NCc1cccs1)c1nccs1. The third-order valence-electron chi connectivity index (χ3n) is 2.25. The Morgan fingerprint density at radius 1 is 1.33 bits per heavy atom. The smallest absolute Gasteiger partial charge is 0.112 e. The summed E-state index contributed by atoms with van der Waals surface area (Å²) in [5, 5.41) is 8.78. The van der Waals surface area contributed by atoms with E-state index in [1.165, 1.54) is 4.88 Å². The van der Waals surface area contributed by atoms with Crippen LogP contribution in [0.5, 0.6) is 0 Å². The van der Waals surface area contributed by atoms with Gasteiger partial charge in [0.1, 0.15) is 5.01 Å². The summed E-state index contributed by atoms with van der Waals surface area (Å²) in [5.74, 6) is 0. The second-order valence-corrected chi connectivity index (χ2v) is 5.82. The van der Waals surface area contributed by atoms with Crippen molar-refractivity contribution in [1.29, 1.82) is 0 Å². The van der Waals surface area contributed by atoms with Crippen LogP contribution >= 0.6 is 22.7 Å². The Hall–Kier alpha value is -0.710. The van der Waals surface area contributed by atoms with E-state index >= 15 is 0 Å². The van der Waals surface area contributed by atoms with Crippen molar-refractivity contribution in [3.63, 3.8) is 0 Å². The molecule has 0 saturated heterocycles. The molecule has 1 N–H and O–H groups in total. The van der Waals surface area contributed by atoms with Crippen LogP contribution < -0.4 is 5.32 Å². The van der Waals surface area contributed by atoms with Gasteiger partial charge in [-0.15, -0.1) is 22.7 Å². The molecule has 0 unspecified atom stereocenters. The van der Waals surface area contributed by atoms with Gasteiger partial charge < -0.3 is 5.32 Å². The van der Waals surface area contributed by atoms with Crippen LogP contribution in [0.4, 0.5) is 0 Å². The molecule has 0 aliphatic carbocycles. The highest BCUT2D eigenvalue weighted by Gasteiger charge is 2.22. The van der Waals surface area contributed by atoms with E-state index in [4.69, 9.17) is 0 Å². The molecule has 2 heterocycles. The third kappa shape index (κ3) is 2.65. The van der Waals surface area contributed by atoms with Crippen molar-refractivity contribution in [2.75, 3.05) is 0 Å². The van der Waals surface area contributed by atoms with Gasteiger partial charge in [-0.1, -0.05) is 6.07 Å². The summed E-state index contributed by atoms with van der Waals surface area (Å²) in [4.78, 5) is 5.71. The number of aromatic nitrogens is 1. The standard InChI is InChI=1S/C11H14N2S2/c1-11(2,10-12-5-7-15-10)13-8-9-4-3-6-14-9/h3-7,13H,8H2,1-2H3. The van der Waals surface area contributed by atoms with Crippen LogP contribution in [0.1, 0.15) is 23.7 Å². The zero-order valence-electron chi connectivity index (χ0n) is 8.86. The van der Waals surface area contributed by atoms with Crippen LogP contribution in [-0.2, 0) is 12.1 Å². The van der Waals surface area contributed by atoms with E-state index in [0.29, 0.717) is 0 Å². The normalized spacial score (nSPS) is 11.9. The van der Waals surface area contributed by atoms with Gasteiger partial charge >= 0.3 is 0 Å². The summed E-state index contributed by atoms with van der Waals surface area (Å²) in [6.07, 6.45) is 1.86. The third-order valence-corrected chi connectivity index (χ3v) is 4.22. The number of hydrogen-bond acceptors (Lipinski definition) is 4. The topological polar surface area (TPSA) is 24.9 Å². The molecule has 0 bridgehead atoms. The van der Waals surface area contributed by atoms with Crippen molar-refractivity contribution in [3.05, 3.63) is 39.0 Å². The van der Waals surface area contributed by atoms with Crippen molar-refractivity contribution in [2.45, 2.75) is 25.9 Å². The summed E-state index contributed by atoms with van der Waals surface area (Å²) in [7, 11) is 0. The number of thiophene rings is 1. The van der Waals surface area contributed by atoms with Crippen molar-refractivity contribution in [1.82, 2.24) is 10.3 Å². The fourth-order valence-electron chi connectivity index (χ4n) is 1.33. The monoisotopic (exact) mass is 238 g/mol.